The molecule has 48 heavy (non-hydrogen) atoms. The maximum Gasteiger partial charge on any atom is 0.203 e. The van der Waals surface area contributed by atoms with E-state index in [0.717, 1.165) is 44.9 Å². The Morgan fingerprint density at radius 2 is 0.583 bits per heavy atom. The van der Waals surface area contributed by atoms with Crippen molar-refractivity contribution in [2.75, 3.05) is 71.1 Å². The highest BCUT2D eigenvalue weighted by Gasteiger charge is 2.21. The number of aryl methyl sites for hydroxylation is 4. The van der Waals surface area contributed by atoms with Crippen LogP contribution in [0.15, 0.2) is 48.5 Å². The van der Waals surface area contributed by atoms with Gasteiger partial charge in [-0.1, -0.05) is 0 Å². The molecule has 0 aliphatic carbocycles. The van der Waals surface area contributed by atoms with Crippen molar-refractivity contribution in [3.63, 3.8) is 0 Å². The standard InChI is InChI=1S/C38H46O10/c1-39-29-21-31(41-3)27(19-25(29)13-11-23-15-33(43-5)37(47-9)34(16-23)44-6)28-20-26(30(40-2)22-32(28)42-4)14-12-24-17-35(45-7)38(48-10)36(18-24)46-8/h15-22H,11-14H2,1-10H3. The van der Waals surface area contributed by atoms with Gasteiger partial charge in [-0.15, -0.1) is 0 Å². The van der Waals surface area contributed by atoms with E-state index in [1.54, 1.807) is 71.1 Å². The lowest BCUT2D eigenvalue weighted by atomic mass is 9.93. The Morgan fingerprint density at radius 1 is 0.292 bits per heavy atom. The first kappa shape index (κ1) is 35.7. The van der Waals surface area contributed by atoms with Gasteiger partial charge >= 0.3 is 0 Å². The fourth-order valence-corrected chi connectivity index (χ4v) is 5.86. The molecular weight excluding hydrogens is 616 g/mol. The lowest BCUT2D eigenvalue weighted by Crippen LogP contribution is -2.02. The van der Waals surface area contributed by atoms with Gasteiger partial charge in [0.05, 0.1) is 71.1 Å². The highest BCUT2D eigenvalue weighted by atomic mass is 16.5. The Balaban J connectivity index is 1.74. The van der Waals surface area contributed by atoms with Crippen LogP contribution in [-0.2, 0) is 25.7 Å². The Bertz CT molecular complexity index is 1520. The lowest BCUT2D eigenvalue weighted by molar-refractivity contribution is 0.323. The summed E-state index contributed by atoms with van der Waals surface area (Å²) in [5, 5.41) is 0. The topological polar surface area (TPSA) is 92.3 Å². The molecule has 4 aromatic carbocycles. The van der Waals surface area contributed by atoms with Crippen molar-refractivity contribution in [1.29, 1.82) is 0 Å². The van der Waals surface area contributed by atoms with E-state index in [4.69, 9.17) is 47.4 Å². The van der Waals surface area contributed by atoms with Gasteiger partial charge in [0.25, 0.3) is 0 Å². The zero-order valence-electron chi connectivity index (χ0n) is 29.5. The Morgan fingerprint density at radius 3 is 0.833 bits per heavy atom. The van der Waals surface area contributed by atoms with Crippen LogP contribution in [0.2, 0.25) is 0 Å². The smallest absolute Gasteiger partial charge is 0.203 e. The van der Waals surface area contributed by atoms with Gasteiger partial charge < -0.3 is 47.4 Å². The number of benzene rings is 4. The molecule has 0 spiro atoms. The Labute approximate surface area is 283 Å². The van der Waals surface area contributed by atoms with E-state index < -0.39 is 0 Å². The third-order valence-corrected chi connectivity index (χ3v) is 8.31. The van der Waals surface area contributed by atoms with Crippen LogP contribution >= 0.6 is 0 Å². The van der Waals surface area contributed by atoms with Crippen molar-refractivity contribution < 1.29 is 47.4 Å². The average molecular weight is 663 g/mol. The number of methoxy groups -OCH3 is 10. The van der Waals surface area contributed by atoms with E-state index in [0.29, 0.717) is 71.7 Å². The summed E-state index contributed by atoms with van der Waals surface area (Å²) in [5.41, 5.74) is 5.79. The summed E-state index contributed by atoms with van der Waals surface area (Å²) in [6, 6.07) is 15.9. The van der Waals surface area contributed by atoms with Gasteiger partial charge in [0.15, 0.2) is 23.0 Å². The molecule has 0 aliphatic heterocycles. The van der Waals surface area contributed by atoms with Crippen molar-refractivity contribution in [2.45, 2.75) is 25.7 Å². The molecule has 10 heteroatoms. The molecule has 0 bridgehead atoms. The quantitative estimate of drug-likeness (QED) is 0.118. The molecule has 0 aliphatic rings. The molecule has 0 heterocycles. The summed E-state index contributed by atoms with van der Waals surface area (Å²) in [7, 11) is 16.2. The van der Waals surface area contributed by atoms with Gasteiger partial charge in [-0.25, -0.2) is 0 Å². The van der Waals surface area contributed by atoms with E-state index in [9.17, 15) is 0 Å². The molecule has 0 saturated carbocycles. The summed E-state index contributed by atoms with van der Waals surface area (Å²) < 4.78 is 56.7. The maximum atomic E-state index is 5.89. The molecule has 4 aromatic rings. The van der Waals surface area contributed by atoms with E-state index >= 15 is 0 Å². The molecule has 0 amide bonds. The van der Waals surface area contributed by atoms with Crippen molar-refractivity contribution >= 4 is 0 Å². The largest absolute Gasteiger partial charge is 0.496 e. The molecule has 0 aromatic heterocycles. The molecule has 0 atom stereocenters. The first-order valence-corrected chi connectivity index (χ1v) is 15.4. The Hall–Kier alpha value is -5.12. The maximum absolute atomic E-state index is 5.89. The van der Waals surface area contributed by atoms with Gasteiger partial charge in [-0.3, -0.25) is 0 Å². The molecule has 0 radical (unpaired) electrons. The highest BCUT2D eigenvalue weighted by Crippen LogP contribution is 2.45. The summed E-state index contributed by atoms with van der Waals surface area (Å²) in [5.74, 6) is 6.29. The van der Waals surface area contributed by atoms with Crippen LogP contribution in [0.5, 0.6) is 57.5 Å². The van der Waals surface area contributed by atoms with Crippen LogP contribution in [0.3, 0.4) is 0 Å². The Kier molecular flexibility index (Phi) is 12.4. The van der Waals surface area contributed by atoms with Crippen LogP contribution < -0.4 is 47.4 Å². The van der Waals surface area contributed by atoms with Crippen molar-refractivity contribution in [3.05, 3.63) is 70.8 Å². The zero-order valence-corrected chi connectivity index (χ0v) is 29.5. The van der Waals surface area contributed by atoms with Gasteiger partial charge in [0.2, 0.25) is 11.5 Å². The van der Waals surface area contributed by atoms with Crippen molar-refractivity contribution in [3.8, 4) is 68.6 Å². The minimum atomic E-state index is 0.556. The number of ether oxygens (including phenoxy) is 10. The highest BCUT2D eigenvalue weighted by molar-refractivity contribution is 5.79. The zero-order chi connectivity index (χ0) is 34.8. The number of rotatable bonds is 17. The number of hydrogen-bond donors (Lipinski definition) is 0. The third-order valence-electron chi connectivity index (χ3n) is 8.31. The predicted molar refractivity (Wildman–Crippen MR) is 185 cm³/mol. The summed E-state index contributed by atoms with van der Waals surface area (Å²) in [4.78, 5) is 0. The van der Waals surface area contributed by atoms with Crippen LogP contribution in [-0.4, -0.2) is 71.1 Å². The molecule has 4 rings (SSSR count). The second kappa shape index (κ2) is 16.6. The van der Waals surface area contributed by atoms with E-state index in [1.165, 1.54) is 0 Å². The second-order valence-electron chi connectivity index (χ2n) is 10.8. The summed E-state index contributed by atoms with van der Waals surface area (Å²) in [6.07, 6.45) is 2.73. The predicted octanol–water partition coefficient (Wildman–Crippen LogP) is 7.01. The minimum Gasteiger partial charge on any atom is -0.496 e. The third kappa shape index (κ3) is 7.54. The average Bonchev–Trinajstić information content (AvgIpc) is 3.14. The lowest BCUT2D eigenvalue weighted by Gasteiger charge is -2.20. The molecule has 0 fully saturated rings. The van der Waals surface area contributed by atoms with E-state index in [1.807, 2.05) is 36.4 Å². The minimum absolute atomic E-state index is 0.556. The van der Waals surface area contributed by atoms with Crippen molar-refractivity contribution in [1.82, 2.24) is 0 Å². The molecule has 0 saturated heterocycles. The molecule has 10 nitrogen and oxygen atoms in total. The molecule has 0 N–H and O–H groups in total. The van der Waals surface area contributed by atoms with Gasteiger partial charge in [-0.05, 0) is 84.3 Å². The number of hydrogen-bond acceptors (Lipinski definition) is 10. The van der Waals surface area contributed by atoms with E-state index in [-0.39, 0.29) is 0 Å². The molecule has 0 unspecified atom stereocenters. The van der Waals surface area contributed by atoms with E-state index in [2.05, 4.69) is 12.1 Å². The van der Waals surface area contributed by atoms with Crippen LogP contribution in [0.1, 0.15) is 22.3 Å². The van der Waals surface area contributed by atoms with Crippen molar-refractivity contribution in [2.24, 2.45) is 0 Å². The van der Waals surface area contributed by atoms with Crippen LogP contribution in [0.4, 0.5) is 0 Å². The summed E-state index contributed by atoms with van der Waals surface area (Å²) in [6.45, 7) is 0. The molecular formula is C38H46O10. The van der Waals surface area contributed by atoms with Crippen LogP contribution in [0, 0.1) is 0 Å². The first-order valence-electron chi connectivity index (χ1n) is 15.4. The van der Waals surface area contributed by atoms with Gasteiger partial charge in [0.1, 0.15) is 23.0 Å². The second-order valence-corrected chi connectivity index (χ2v) is 10.8. The SMILES string of the molecule is COc1cc(OC)c(-c2cc(CCc3cc(OC)c(OC)c(OC)c3)c(OC)cc2OC)cc1CCc1cc(OC)c(OC)c(OC)c1. The first-order chi connectivity index (χ1) is 23.3. The fourth-order valence-electron chi connectivity index (χ4n) is 5.86. The van der Waals surface area contributed by atoms with Crippen LogP contribution in [0.25, 0.3) is 11.1 Å². The fraction of sp³-hybridized carbons (Fsp3) is 0.368. The van der Waals surface area contributed by atoms with Gasteiger partial charge in [0, 0.05) is 23.3 Å². The monoisotopic (exact) mass is 662 g/mol. The summed E-state index contributed by atoms with van der Waals surface area (Å²) >= 11 is 0. The normalized spacial score (nSPS) is 10.6. The van der Waals surface area contributed by atoms with Gasteiger partial charge in [-0.2, -0.15) is 0 Å². The molecule has 258 valence electrons.